The van der Waals surface area contributed by atoms with Crippen molar-refractivity contribution in [3.8, 4) is 0 Å². The Balaban J connectivity index is 1.78. The van der Waals surface area contributed by atoms with E-state index in [9.17, 15) is 14.7 Å². The third kappa shape index (κ3) is 2.68. The van der Waals surface area contributed by atoms with E-state index in [1.165, 1.54) is 0 Å². The highest BCUT2D eigenvalue weighted by Gasteiger charge is 2.32. The van der Waals surface area contributed by atoms with Gasteiger partial charge in [-0.05, 0) is 37.8 Å². The fourth-order valence-electron chi connectivity index (χ4n) is 3.28. The minimum absolute atomic E-state index is 0.108. The molecule has 6 nitrogen and oxygen atoms in total. The number of carbonyl (C=O) groups is 2. The molecule has 2 fully saturated rings. The Labute approximate surface area is 139 Å². The molecule has 0 bridgehead atoms. The van der Waals surface area contributed by atoms with Crippen LogP contribution in [0.1, 0.15) is 36.0 Å². The van der Waals surface area contributed by atoms with Gasteiger partial charge >= 0.3 is 5.97 Å². The normalized spacial score (nSPS) is 20.3. The SMILES string of the molecule is O=C(NC1CC1)c1cc(N2CCC[C@H]2C(=O)O)nc2ccccc12. The van der Waals surface area contributed by atoms with Gasteiger partial charge in [-0.25, -0.2) is 9.78 Å². The van der Waals surface area contributed by atoms with Crippen LogP contribution in [0.25, 0.3) is 10.9 Å². The van der Waals surface area contributed by atoms with Gasteiger partial charge in [-0.15, -0.1) is 0 Å². The van der Waals surface area contributed by atoms with E-state index in [1.807, 2.05) is 24.3 Å². The quantitative estimate of drug-likeness (QED) is 0.900. The summed E-state index contributed by atoms with van der Waals surface area (Å²) in [6.45, 7) is 0.645. The Kier molecular flexibility index (Phi) is 3.59. The molecule has 1 aromatic carbocycles. The van der Waals surface area contributed by atoms with E-state index < -0.39 is 12.0 Å². The maximum absolute atomic E-state index is 12.6. The number of carboxylic acids is 1. The van der Waals surface area contributed by atoms with Crippen molar-refractivity contribution < 1.29 is 14.7 Å². The van der Waals surface area contributed by atoms with Crippen molar-refractivity contribution in [2.75, 3.05) is 11.4 Å². The van der Waals surface area contributed by atoms with Crippen LogP contribution in [-0.4, -0.2) is 40.6 Å². The van der Waals surface area contributed by atoms with Crippen molar-refractivity contribution in [1.29, 1.82) is 0 Å². The summed E-state index contributed by atoms with van der Waals surface area (Å²) in [6.07, 6.45) is 3.46. The average molecular weight is 325 g/mol. The first kappa shape index (κ1) is 14.9. The van der Waals surface area contributed by atoms with Gasteiger partial charge in [-0.2, -0.15) is 0 Å². The highest BCUT2D eigenvalue weighted by Crippen LogP contribution is 2.29. The summed E-state index contributed by atoms with van der Waals surface area (Å²) < 4.78 is 0. The van der Waals surface area contributed by atoms with Gasteiger partial charge in [0, 0.05) is 18.0 Å². The van der Waals surface area contributed by atoms with Crippen LogP contribution < -0.4 is 10.2 Å². The van der Waals surface area contributed by atoms with Gasteiger partial charge in [-0.1, -0.05) is 18.2 Å². The van der Waals surface area contributed by atoms with E-state index in [-0.39, 0.29) is 11.9 Å². The molecular weight excluding hydrogens is 306 g/mol. The number of aliphatic carboxylic acids is 1. The van der Waals surface area contributed by atoms with E-state index in [4.69, 9.17) is 0 Å². The Bertz CT molecular complexity index is 816. The molecule has 0 unspecified atom stereocenters. The number of hydrogen-bond acceptors (Lipinski definition) is 4. The summed E-state index contributed by atoms with van der Waals surface area (Å²) in [5.41, 5.74) is 1.28. The molecule has 1 saturated carbocycles. The smallest absolute Gasteiger partial charge is 0.326 e. The minimum atomic E-state index is -0.841. The lowest BCUT2D eigenvalue weighted by Crippen LogP contribution is -2.36. The molecule has 1 aliphatic heterocycles. The second-order valence-corrected chi connectivity index (χ2v) is 6.48. The van der Waals surface area contributed by atoms with Crippen molar-refractivity contribution in [2.24, 2.45) is 0 Å². The molecular formula is C18H19N3O3. The van der Waals surface area contributed by atoms with E-state index in [0.29, 0.717) is 29.9 Å². The molecule has 1 atom stereocenters. The molecule has 2 heterocycles. The number of anilines is 1. The molecule has 4 rings (SSSR count). The van der Waals surface area contributed by atoms with Crippen LogP contribution in [0.4, 0.5) is 5.82 Å². The minimum Gasteiger partial charge on any atom is -0.480 e. The first-order valence-corrected chi connectivity index (χ1v) is 8.33. The molecule has 1 aromatic heterocycles. The van der Waals surface area contributed by atoms with Gasteiger partial charge in [0.25, 0.3) is 5.91 Å². The highest BCUT2D eigenvalue weighted by molar-refractivity contribution is 6.07. The topological polar surface area (TPSA) is 82.5 Å². The zero-order valence-corrected chi connectivity index (χ0v) is 13.2. The van der Waals surface area contributed by atoms with Crippen LogP contribution in [0, 0.1) is 0 Å². The van der Waals surface area contributed by atoms with Crippen molar-refractivity contribution in [3.63, 3.8) is 0 Å². The number of pyridine rings is 1. The zero-order chi connectivity index (χ0) is 16.7. The van der Waals surface area contributed by atoms with Crippen molar-refractivity contribution in [3.05, 3.63) is 35.9 Å². The number of hydrogen-bond donors (Lipinski definition) is 2. The Morgan fingerprint density at radius 1 is 1.21 bits per heavy atom. The van der Waals surface area contributed by atoms with Gasteiger partial charge in [0.2, 0.25) is 0 Å². The number of rotatable bonds is 4. The van der Waals surface area contributed by atoms with Gasteiger partial charge in [-0.3, -0.25) is 4.79 Å². The molecule has 2 N–H and O–H groups in total. The summed E-state index contributed by atoms with van der Waals surface area (Å²) in [4.78, 5) is 30.5. The Hall–Kier alpha value is -2.63. The summed E-state index contributed by atoms with van der Waals surface area (Å²) in [6, 6.07) is 8.93. The van der Waals surface area contributed by atoms with Crippen LogP contribution in [0.5, 0.6) is 0 Å². The number of benzene rings is 1. The van der Waals surface area contributed by atoms with Crippen molar-refractivity contribution in [2.45, 2.75) is 37.8 Å². The van der Waals surface area contributed by atoms with Crippen LogP contribution >= 0.6 is 0 Å². The highest BCUT2D eigenvalue weighted by atomic mass is 16.4. The molecule has 2 aliphatic rings. The third-order valence-electron chi connectivity index (χ3n) is 4.69. The predicted molar refractivity (Wildman–Crippen MR) is 90.2 cm³/mol. The summed E-state index contributed by atoms with van der Waals surface area (Å²) in [7, 11) is 0. The standard InChI is InChI=1S/C18H19N3O3/c22-17(19-11-7-8-11)13-10-16(20-14-5-2-1-4-12(13)14)21-9-3-6-15(21)18(23)24/h1-2,4-5,10-11,15H,3,6-9H2,(H,19,22)(H,23,24)/t15-/m0/s1. The molecule has 24 heavy (non-hydrogen) atoms. The number of carboxylic acid groups (broad SMARTS) is 1. The van der Waals surface area contributed by atoms with Gasteiger partial charge < -0.3 is 15.3 Å². The number of nitrogens with one attached hydrogen (secondary N) is 1. The lowest BCUT2D eigenvalue weighted by molar-refractivity contribution is -0.138. The third-order valence-corrected chi connectivity index (χ3v) is 4.69. The van der Waals surface area contributed by atoms with E-state index in [2.05, 4.69) is 10.3 Å². The summed E-state index contributed by atoms with van der Waals surface area (Å²) in [5, 5.41) is 13.2. The summed E-state index contributed by atoms with van der Waals surface area (Å²) in [5.74, 6) is -0.380. The van der Waals surface area contributed by atoms with E-state index in [1.54, 1.807) is 11.0 Å². The van der Waals surface area contributed by atoms with Crippen molar-refractivity contribution >= 4 is 28.6 Å². The van der Waals surface area contributed by atoms with Crippen LogP contribution in [0.2, 0.25) is 0 Å². The average Bonchev–Trinajstić information content (AvgIpc) is 3.25. The molecule has 0 spiro atoms. The number of aromatic nitrogens is 1. The molecule has 1 amide bonds. The molecule has 6 heteroatoms. The second kappa shape index (κ2) is 5.78. The van der Waals surface area contributed by atoms with Crippen LogP contribution in [0.3, 0.4) is 0 Å². The van der Waals surface area contributed by atoms with E-state index in [0.717, 1.165) is 24.6 Å². The van der Waals surface area contributed by atoms with Gasteiger partial charge in [0.05, 0.1) is 11.1 Å². The predicted octanol–water partition coefficient (Wildman–Crippen LogP) is 2.18. The fourth-order valence-corrected chi connectivity index (χ4v) is 3.28. The molecule has 124 valence electrons. The lowest BCUT2D eigenvalue weighted by Gasteiger charge is -2.23. The van der Waals surface area contributed by atoms with E-state index >= 15 is 0 Å². The number of carbonyl (C=O) groups excluding carboxylic acids is 1. The van der Waals surface area contributed by atoms with Gasteiger partial charge in [0.15, 0.2) is 0 Å². The van der Waals surface area contributed by atoms with Gasteiger partial charge in [0.1, 0.15) is 11.9 Å². The fraction of sp³-hybridized carbons (Fsp3) is 0.389. The molecule has 2 aromatic rings. The number of nitrogens with zero attached hydrogens (tertiary/aromatic N) is 2. The number of fused-ring (bicyclic) bond motifs is 1. The van der Waals surface area contributed by atoms with Crippen molar-refractivity contribution in [1.82, 2.24) is 10.3 Å². The monoisotopic (exact) mass is 325 g/mol. The number of para-hydroxylation sites is 1. The van der Waals surface area contributed by atoms with Crippen LogP contribution in [0.15, 0.2) is 30.3 Å². The first-order chi connectivity index (χ1) is 11.6. The second-order valence-electron chi connectivity index (χ2n) is 6.48. The Morgan fingerprint density at radius 2 is 2.00 bits per heavy atom. The molecule has 0 radical (unpaired) electrons. The number of amides is 1. The Morgan fingerprint density at radius 3 is 2.75 bits per heavy atom. The first-order valence-electron chi connectivity index (χ1n) is 8.33. The maximum Gasteiger partial charge on any atom is 0.326 e. The largest absolute Gasteiger partial charge is 0.480 e. The molecule has 1 saturated heterocycles. The van der Waals surface area contributed by atoms with Crippen LogP contribution in [-0.2, 0) is 4.79 Å². The lowest BCUT2D eigenvalue weighted by atomic mass is 10.1. The maximum atomic E-state index is 12.6. The molecule has 1 aliphatic carbocycles. The zero-order valence-electron chi connectivity index (χ0n) is 13.2. The summed E-state index contributed by atoms with van der Waals surface area (Å²) >= 11 is 0.